The summed E-state index contributed by atoms with van der Waals surface area (Å²) in [7, 11) is 0. The monoisotopic (exact) mass is 358 g/mol. The van der Waals surface area contributed by atoms with E-state index in [2.05, 4.69) is 15.9 Å². The fraction of sp³-hybridized carbons (Fsp3) is 0.250. The van der Waals surface area contributed by atoms with Crippen LogP contribution in [0.5, 0.6) is 0 Å². The molecule has 4 heteroatoms. The summed E-state index contributed by atoms with van der Waals surface area (Å²) in [5.74, 6) is -1.35. The van der Waals surface area contributed by atoms with Crippen molar-refractivity contribution in [2.75, 3.05) is 5.33 Å². The molecule has 2 aromatic carbocycles. The van der Waals surface area contributed by atoms with Gasteiger partial charge in [0, 0.05) is 10.4 Å². The van der Waals surface area contributed by atoms with Gasteiger partial charge in [-0.3, -0.25) is 0 Å². The minimum atomic E-state index is -0.793. The normalized spacial score (nSPS) is 12.4. The van der Waals surface area contributed by atoms with E-state index in [0.717, 1.165) is 23.4 Å². The molecule has 1 unspecified atom stereocenters. The lowest BCUT2D eigenvalue weighted by atomic mass is 9.94. The number of rotatable bonds is 5. The molecular weight excluding hydrogens is 346 g/mol. The van der Waals surface area contributed by atoms with E-state index in [4.69, 9.17) is 11.6 Å². The number of benzene rings is 2. The minimum Gasteiger partial charge on any atom is -0.204 e. The highest BCUT2D eigenvalue weighted by Gasteiger charge is 2.14. The van der Waals surface area contributed by atoms with Gasteiger partial charge < -0.3 is 0 Å². The maximum Gasteiger partial charge on any atom is 0.162 e. The van der Waals surface area contributed by atoms with Gasteiger partial charge in [-0.2, -0.15) is 0 Å². The van der Waals surface area contributed by atoms with Gasteiger partial charge in [0.2, 0.25) is 0 Å². The summed E-state index contributed by atoms with van der Waals surface area (Å²) in [6.07, 6.45) is 1.25. The van der Waals surface area contributed by atoms with Crippen LogP contribution >= 0.6 is 27.5 Å². The molecule has 0 nitrogen and oxygen atoms in total. The molecule has 20 heavy (non-hydrogen) atoms. The second-order valence-corrected chi connectivity index (χ2v) is 5.86. The molecule has 0 aromatic heterocycles. The summed E-state index contributed by atoms with van der Waals surface area (Å²) in [5.41, 5.74) is 1.51. The van der Waals surface area contributed by atoms with Crippen LogP contribution in [0.25, 0.3) is 0 Å². The van der Waals surface area contributed by atoms with Crippen molar-refractivity contribution in [3.05, 3.63) is 70.2 Å². The van der Waals surface area contributed by atoms with Crippen LogP contribution in [0.4, 0.5) is 8.78 Å². The third kappa shape index (κ3) is 4.03. The van der Waals surface area contributed by atoms with Gasteiger partial charge in [-0.25, -0.2) is 8.78 Å². The highest BCUT2D eigenvalue weighted by Crippen LogP contribution is 2.21. The summed E-state index contributed by atoms with van der Waals surface area (Å²) in [6, 6.07) is 11.9. The number of alkyl halides is 1. The lowest BCUT2D eigenvalue weighted by Gasteiger charge is -2.15. The first-order valence-corrected chi connectivity index (χ1v) is 7.83. The third-order valence-electron chi connectivity index (χ3n) is 3.17. The first-order chi connectivity index (χ1) is 9.60. The van der Waals surface area contributed by atoms with Gasteiger partial charge in [0.25, 0.3) is 0 Å². The molecular formula is C16H14BrClF2. The smallest absolute Gasteiger partial charge is 0.162 e. The molecule has 0 saturated carbocycles. The zero-order valence-corrected chi connectivity index (χ0v) is 13.1. The SMILES string of the molecule is Fc1cccc(CC(CBr)Cc2cccc(Cl)c2)c1F. The Balaban J connectivity index is 2.11. The Kier molecular flexibility index (Phi) is 5.55. The van der Waals surface area contributed by atoms with Crippen molar-refractivity contribution in [2.45, 2.75) is 12.8 Å². The molecule has 0 aliphatic carbocycles. The molecule has 0 saturated heterocycles. The van der Waals surface area contributed by atoms with Crippen LogP contribution in [0.1, 0.15) is 11.1 Å². The number of hydrogen-bond donors (Lipinski definition) is 0. The van der Waals surface area contributed by atoms with E-state index in [1.165, 1.54) is 0 Å². The molecule has 2 aromatic rings. The first-order valence-electron chi connectivity index (χ1n) is 6.33. The Bertz CT molecular complexity index is 586. The Hall–Kier alpha value is -0.930. The molecule has 0 aliphatic heterocycles. The summed E-state index contributed by atoms with van der Waals surface area (Å²) >= 11 is 9.40. The van der Waals surface area contributed by atoms with Crippen LogP contribution in [0, 0.1) is 17.6 Å². The van der Waals surface area contributed by atoms with Crippen LogP contribution in [0.2, 0.25) is 5.02 Å². The molecule has 0 spiro atoms. The van der Waals surface area contributed by atoms with Crippen LogP contribution < -0.4 is 0 Å². The molecule has 0 radical (unpaired) electrons. The molecule has 106 valence electrons. The van der Waals surface area contributed by atoms with Crippen molar-refractivity contribution in [1.82, 2.24) is 0 Å². The van der Waals surface area contributed by atoms with Crippen LogP contribution in [0.15, 0.2) is 42.5 Å². The molecule has 0 amide bonds. The topological polar surface area (TPSA) is 0 Å². The summed E-state index contributed by atoms with van der Waals surface area (Å²) in [5, 5.41) is 1.41. The molecule has 0 N–H and O–H groups in total. The van der Waals surface area contributed by atoms with Gasteiger partial charge in [0.1, 0.15) is 0 Å². The lowest BCUT2D eigenvalue weighted by Crippen LogP contribution is -2.11. The van der Waals surface area contributed by atoms with Crippen molar-refractivity contribution < 1.29 is 8.78 Å². The van der Waals surface area contributed by atoms with Crippen LogP contribution in [-0.4, -0.2) is 5.33 Å². The molecule has 1 atom stereocenters. The molecule has 0 heterocycles. The zero-order chi connectivity index (χ0) is 14.5. The van der Waals surface area contributed by atoms with E-state index in [9.17, 15) is 8.78 Å². The predicted molar refractivity (Wildman–Crippen MR) is 82.5 cm³/mol. The first kappa shape index (κ1) is 15.5. The van der Waals surface area contributed by atoms with Crippen molar-refractivity contribution in [3.8, 4) is 0 Å². The third-order valence-corrected chi connectivity index (χ3v) is 4.32. The largest absolute Gasteiger partial charge is 0.204 e. The summed E-state index contributed by atoms with van der Waals surface area (Å²) < 4.78 is 26.9. The number of halogens is 4. The molecule has 0 fully saturated rings. The number of hydrogen-bond acceptors (Lipinski definition) is 0. The fourth-order valence-electron chi connectivity index (χ4n) is 2.20. The minimum absolute atomic E-state index is 0.185. The highest BCUT2D eigenvalue weighted by molar-refractivity contribution is 9.09. The van der Waals surface area contributed by atoms with Crippen molar-refractivity contribution >= 4 is 27.5 Å². The molecule has 0 bridgehead atoms. The van der Waals surface area contributed by atoms with E-state index in [1.807, 2.05) is 24.3 Å². The average molecular weight is 360 g/mol. The van der Waals surface area contributed by atoms with Crippen molar-refractivity contribution in [2.24, 2.45) is 5.92 Å². The standard InChI is InChI=1S/C16H14BrClF2/c17-10-12(7-11-3-1-5-14(18)9-11)8-13-4-2-6-15(19)16(13)20/h1-6,9,12H,7-8,10H2. The van der Waals surface area contributed by atoms with Gasteiger partial charge in [0.05, 0.1) is 0 Å². The Morgan fingerprint density at radius 2 is 1.80 bits per heavy atom. The summed E-state index contributed by atoms with van der Waals surface area (Å²) in [4.78, 5) is 0. The van der Waals surface area contributed by atoms with E-state index in [0.29, 0.717) is 17.0 Å². The Morgan fingerprint density at radius 1 is 1.05 bits per heavy atom. The second-order valence-electron chi connectivity index (χ2n) is 4.77. The van der Waals surface area contributed by atoms with Gasteiger partial charge in [-0.1, -0.05) is 51.8 Å². The second kappa shape index (κ2) is 7.19. The van der Waals surface area contributed by atoms with Gasteiger partial charge in [-0.05, 0) is 48.1 Å². The predicted octanol–water partition coefficient (Wildman–Crippen LogP) is 5.41. The van der Waals surface area contributed by atoms with Gasteiger partial charge in [0.15, 0.2) is 11.6 Å². The van der Waals surface area contributed by atoms with Crippen LogP contribution in [0.3, 0.4) is 0 Å². The molecule has 2 rings (SSSR count). The maximum atomic E-state index is 13.7. The Morgan fingerprint density at radius 3 is 2.50 bits per heavy atom. The van der Waals surface area contributed by atoms with Crippen molar-refractivity contribution in [1.29, 1.82) is 0 Å². The quantitative estimate of drug-likeness (QED) is 0.626. The van der Waals surface area contributed by atoms with E-state index >= 15 is 0 Å². The lowest BCUT2D eigenvalue weighted by molar-refractivity contribution is 0.485. The molecule has 0 aliphatic rings. The maximum absolute atomic E-state index is 13.7. The van der Waals surface area contributed by atoms with Gasteiger partial charge >= 0.3 is 0 Å². The highest BCUT2D eigenvalue weighted by atomic mass is 79.9. The van der Waals surface area contributed by atoms with E-state index < -0.39 is 11.6 Å². The Labute approximate surface area is 130 Å². The van der Waals surface area contributed by atoms with E-state index in [1.54, 1.807) is 12.1 Å². The van der Waals surface area contributed by atoms with Crippen molar-refractivity contribution in [3.63, 3.8) is 0 Å². The van der Waals surface area contributed by atoms with Crippen LogP contribution in [-0.2, 0) is 12.8 Å². The fourth-order valence-corrected chi connectivity index (χ4v) is 2.87. The zero-order valence-electron chi connectivity index (χ0n) is 10.8. The van der Waals surface area contributed by atoms with E-state index in [-0.39, 0.29) is 5.92 Å². The summed E-state index contributed by atoms with van der Waals surface area (Å²) in [6.45, 7) is 0. The average Bonchev–Trinajstić information content (AvgIpc) is 2.43. The van der Waals surface area contributed by atoms with Gasteiger partial charge in [-0.15, -0.1) is 0 Å².